The SMILES string of the molecule is COc1ccccc1C1CC(NCCc2cnc[nH]2)C1. The van der Waals surface area contributed by atoms with Gasteiger partial charge in [-0.3, -0.25) is 0 Å². The van der Waals surface area contributed by atoms with Crippen LogP contribution in [0.4, 0.5) is 0 Å². The number of para-hydroxylation sites is 1. The first-order valence-corrected chi connectivity index (χ1v) is 7.20. The lowest BCUT2D eigenvalue weighted by Crippen LogP contribution is -2.41. The summed E-state index contributed by atoms with van der Waals surface area (Å²) in [5.74, 6) is 1.66. The van der Waals surface area contributed by atoms with Crippen LogP contribution in [0.3, 0.4) is 0 Å². The van der Waals surface area contributed by atoms with Gasteiger partial charge in [0, 0.05) is 30.9 Å². The van der Waals surface area contributed by atoms with Crippen molar-refractivity contribution in [2.24, 2.45) is 0 Å². The summed E-state index contributed by atoms with van der Waals surface area (Å²) in [5.41, 5.74) is 2.54. The highest BCUT2D eigenvalue weighted by molar-refractivity contribution is 5.37. The first-order valence-electron chi connectivity index (χ1n) is 7.20. The number of hydrogen-bond donors (Lipinski definition) is 2. The van der Waals surface area contributed by atoms with E-state index in [0.29, 0.717) is 12.0 Å². The molecule has 0 unspecified atom stereocenters. The zero-order chi connectivity index (χ0) is 13.8. The van der Waals surface area contributed by atoms with E-state index in [1.54, 1.807) is 13.4 Å². The Balaban J connectivity index is 1.44. The van der Waals surface area contributed by atoms with Crippen LogP contribution in [0, 0.1) is 0 Å². The number of nitrogens with one attached hydrogen (secondary N) is 2. The van der Waals surface area contributed by atoms with Crippen molar-refractivity contribution >= 4 is 0 Å². The van der Waals surface area contributed by atoms with Crippen molar-refractivity contribution in [1.82, 2.24) is 15.3 Å². The average molecular weight is 271 g/mol. The van der Waals surface area contributed by atoms with Gasteiger partial charge in [0.25, 0.3) is 0 Å². The molecule has 106 valence electrons. The Bertz CT molecular complexity index is 532. The van der Waals surface area contributed by atoms with Crippen LogP contribution in [0.1, 0.15) is 30.0 Å². The second-order valence-corrected chi connectivity index (χ2v) is 5.39. The molecule has 1 fully saturated rings. The van der Waals surface area contributed by atoms with Gasteiger partial charge in [0.2, 0.25) is 0 Å². The van der Waals surface area contributed by atoms with E-state index in [9.17, 15) is 0 Å². The van der Waals surface area contributed by atoms with Crippen LogP contribution in [0.15, 0.2) is 36.8 Å². The molecule has 2 N–H and O–H groups in total. The molecule has 1 aliphatic carbocycles. The molecule has 0 spiro atoms. The van der Waals surface area contributed by atoms with Gasteiger partial charge in [0.05, 0.1) is 13.4 Å². The highest BCUT2D eigenvalue weighted by Gasteiger charge is 2.31. The van der Waals surface area contributed by atoms with Crippen molar-refractivity contribution in [3.63, 3.8) is 0 Å². The molecule has 0 aliphatic heterocycles. The third-order valence-electron chi connectivity index (χ3n) is 4.10. The van der Waals surface area contributed by atoms with Crippen molar-refractivity contribution in [2.75, 3.05) is 13.7 Å². The molecule has 4 heteroatoms. The lowest BCUT2D eigenvalue weighted by molar-refractivity contribution is 0.284. The van der Waals surface area contributed by atoms with Crippen LogP contribution in [-0.4, -0.2) is 29.7 Å². The maximum absolute atomic E-state index is 5.44. The van der Waals surface area contributed by atoms with Crippen LogP contribution >= 0.6 is 0 Å². The molecule has 1 aliphatic rings. The molecule has 4 nitrogen and oxygen atoms in total. The fraction of sp³-hybridized carbons (Fsp3) is 0.438. The van der Waals surface area contributed by atoms with Gasteiger partial charge in [-0.1, -0.05) is 18.2 Å². The van der Waals surface area contributed by atoms with Gasteiger partial charge >= 0.3 is 0 Å². The lowest BCUT2D eigenvalue weighted by atomic mass is 9.75. The number of aromatic nitrogens is 2. The van der Waals surface area contributed by atoms with Crippen LogP contribution in [0.2, 0.25) is 0 Å². The molecule has 20 heavy (non-hydrogen) atoms. The van der Waals surface area contributed by atoms with Gasteiger partial charge in [-0.15, -0.1) is 0 Å². The molecule has 0 atom stereocenters. The Labute approximate surface area is 119 Å². The first-order chi connectivity index (χ1) is 9.86. The number of ether oxygens (including phenoxy) is 1. The summed E-state index contributed by atoms with van der Waals surface area (Å²) in [6.45, 7) is 1.01. The average Bonchev–Trinajstić information content (AvgIpc) is 2.94. The van der Waals surface area contributed by atoms with E-state index >= 15 is 0 Å². The van der Waals surface area contributed by atoms with E-state index in [0.717, 1.165) is 18.7 Å². The predicted molar refractivity (Wildman–Crippen MR) is 79.1 cm³/mol. The number of hydrogen-bond acceptors (Lipinski definition) is 3. The Morgan fingerprint density at radius 1 is 1.35 bits per heavy atom. The Morgan fingerprint density at radius 2 is 2.20 bits per heavy atom. The minimum atomic E-state index is 0.632. The zero-order valence-electron chi connectivity index (χ0n) is 11.8. The second kappa shape index (κ2) is 6.09. The van der Waals surface area contributed by atoms with Gasteiger partial charge in [-0.25, -0.2) is 4.98 Å². The molecular formula is C16H21N3O. The number of nitrogens with zero attached hydrogens (tertiary/aromatic N) is 1. The zero-order valence-corrected chi connectivity index (χ0v) is 11.8. The Kier molecular flexibility index (Phi) is 4.02. The summed E-state index contributed by atoms with van der Waals surface area (Å²) in [5, 5.41) is 3.61. The number of benzene rings is 1. The molecule has 2 aromatic rings. The molecule has 3 rings (SSSR count). The Hall–Kier alpha value is -1.81. The lowest BCUT2D eigenvalue weighted by Gasteiger charge is -2.37. The topological polar surface area (TPSA) is 49.9 Å². The molecule has 1 heterocycles. The minimum Gasteiger partial charge on any atom is -0.496 e. The van der Waals surface area contributed by atoms with E-state index in [1.807, 2.05) is 18.3 Å². The highest BCUT2D eigenvalue weighted by Crippen LogP contribution is 2.40. The molecule has 1 saturated carbocycles. The van der Waals surface area contributed by atoms with Crippen molar-refractivity contribution in [2.45, 2.75) is 31.2 Å². The predicted octanol–water partition coefficient (Wildman–Crippen LogP) is 2.50. The molecular weight excluding hydrogens is 250 g/mol. The van der Waals surface area contributed by atoms with E-state index in [1.165, 1.54) is 24.1 Å². The van der Waals surface area contributed by atoms with Crippen molar-refractivity contribution in [1.29, 1.82) is 0 Å². The molecule has 0 radical (unpaired) electrons. The summed E-state index contributed by atoms with van der Waals surface area (Å²) in [4.78, 5) is 7.16. The summed E-state index contributed by atoms with van der Waals surface area (Å²) in [7, 11) is 1.75. The number of imidazole rings is 1. The number of methoxy groups -OCH3 is 1. The van der Waals surface area contributed by atoms with Gasteiger partial charge < -0.3 is 15.0 Å². The molecule has 0 amide bonds. The third kappa shape index (κ3) is 2.85. The quantitative estimate of drug-likeness (QED) is 0.848. The van der Waals surface area contributed by atoms with E-state index < -0.39 is 0 Å². The van der Waals surface area contributed by atoms with Gasteiger partial charge in [0.15, 0.2) is 0 Å². The monoisotopic (exact) mass is 271 g/mol. The van der Waals surface area contributed by atoms with Crippen LogP contribution < -0.4 is 10.1 Å². The van der Waals surface area contributed by atoms with Gasteiger partial charge in [-0.2, -0.15) is 0 Å². The second-order valence-electron chi connectivity index (χ2n) is 5.39. The summed E-state index contributed by atoms with van der Waals surface area (Å²) < 4.78 is 5.44. The standard InChI is InChI=1S/C16H21N3O/c1-20-16-5-3-2-4-15(16)12-8-14(9-12)18-7-6-13-10-17-11-19-13/h2-5,10-12,14,18H,6-9H2,1H3,(H,17,19). The molecule has 1 aromatic carbocycles. The van der Waals surface area contributed by atoms with Crippen molar-refractivity contribution in [3.05, 3.63) is 48.0 Å². The van der Waals surface area contributed by atoms with Crippen molar-refractivity contribution < 1.29 is 4.74 Å². The fourth-order valence-corrected chi connectivity index (χ4v) is 2.87. The van der Waals surface area contributed by atoms with E-state index in [4.69, 9.17) is 4.74 Å². The van der Waals surface area contributed by atoms with Gasteiger partial charge in [0.1, 0.15) is 5.75 Å². The summed E-state index contributed by atoms with van der Waals surface area (Å²) in [6, 6.07) is 8.99. The molecule has 0 bridgehead atoms. The van der Waals surface area contributed by atoms with Gasteiger partial charge in [-0.05, 0) is 30.4 Å². The van der Waals surface area contributed by atoms with E-state index in [-0.39, 0.29) is 0 Å². The smallest absolute Gasteiger partial charge is 0.122 e. The van der Waals surface area contributed by atoms with Crippen LogP contribution in [0.25, 0.3) is 0 Å². The van der Waals surface area contributed by atoms with Crippen molar-refractivity contribution in [3.8, 4) is 5.75 Å². The van der Waals surface area contributed by atoms with Crippen LogP contribution in [-0.2, 0) is 6.42 Å². The third-order valence-corrected chi connectivity index (χ3v) is 4.10. The fourth-order valence-electron chi connectivity index (χ4n) is 2.87. The maximum atomic E-state index is 5.44. The largest absolute Gasteiger partial charge is 0.496 e. The minimum absolute atomic E-state index is 0.632. The maximum Gasteiger partial charge on any atom is 0.122 e. The number of H-pyrrole nitrogens is 1. The Morgan fingerprint density at radius 3 is 2.95 bits per heavy atom. The van der Waals surface area contributed by atoms with Crippen LogP contribution in [0.5, 0.6) is 5.75 Å². The molecule has 0 saturated heterocycles. The number of rotatable bonds is 6. The summed E-state index contributed by atoms with van der Waals surface area (Å²) in [6.07, 6.45) is 7.03. The number of aromatic amines is 1. The highest BCUT2D eigenvalue weighted by atomic mass is 16.5. The summed E-state index contributed by atoms with van der Waals surface area (Å²) >= 11 is 0. The van der Waals surface area contributed by atoms with E-state index in [2.05, 4.69) is 27.4 Å². The first kappa shape index (κ1) is 13.2. The molecule has 1 aromatic heterocycles. The normalized spacial score (nSPS) is 21.4.